The van der Waals surface area contributed by atoms with Gasteiger partial charge in [0.15, 0.2) is 0 Å². The zero-order valence-electron chi connectivity index (χ0n) is 25.3. The van der Waals surface area contributed by atoms with Crippen molar-refractivity contribution in [3.05, 3.63) is 88.4 Å². The van der Waals surface area contributed by atoms with Crippen molar-refractivity contribution in [2.24, 2.45) is 26.9 Å². The molecule has 0 saturated carbocycles. The molecule has 5 amide bonds. The number of nitrogens with one attached hydrogen (secondary N) is 4. The lowest BCUT2D eigenvalue weighted by Gasteiger charge is -2.10. The van der Waals surface area contributed by atoms with Crippen LogP contribution in [0.1, 0.15) is 37.9 Å². The van der Waals surface area contributed by atoms with Gasteiger partial charge in [-0.2, -0.15) is 9.78 Å². The number of nitrogens with two attached hydrogens (primary N) is 1. The van der Waals surface area contributed by atoms with Gasteiger partial charge in [0.25, 0.3) is 23.4 Å². The molecule has 0 radical (unpaired) electrons. The molecule has 1 aromatic carbocycles. The highest BCUT2D eigenvalue weighted by Crippen LogP contribution is 2.25. The number of anilines is 3. The van der Waals surface area contributed by atoms with Crippen LogP contribution >= 0.6 is 0 Å². The minimum absolute atomic E-state index is 0.0360. The van der Waals surface area contributed by atoms with Gasteiger partial charge in [0.05, 0.1) is 39.1 Å². The molecule has 242 valence electrons. The fraction of sp³-hybridized carbons (Fsp3) is 0.172. The van der Waals surface area contributed by atoms with Crippen LogP contribution in [0, 0.1) is 10.1 Å². The zero-order valence-corrected chi connectivity index (χ0v) is 25.3. The van der Waals surface area contributed by atoms with Crippen molar-refractivity contribution in [1.29, 1.82) is 0 Å². The number of nitro groups is 1. The van der Waals surface area contributed by atoms with Crippen molar-refractivity contribution in [1.82, 2.24) is 28.8 Å². The molecule has 47 heavy (non-hydrogen) atoms. The molecule has 18 heteroatoms. The Labute approximate surface area is 265 Å². The molecule has 5 rings (SSSR count). The van der Waals surface area contributed by atoms with Gasteiger partial charge in [0.1, 0.15) is 17.1 Å². The maximum Gasteiger partial charge on any atom is 0.346 e. The van der Waals surface area contributed by atoms with E-state index in [2.05, 4.69) is 26.4 Å². The molecule has 0 aliphatic rings. The first-order valence-electron chi connectivity index (χ1n) is 13.9. The quantitative estimate of drug-likeness (QED) is 0.111. The van der Waals surface area contributed by atoms with Crippen LogP contribution in [-0.2, 0) is 25.9 Å². The first kappa shape index (κ1) is 31.7. The Bertz CT molecular complexity index is 2080. The number of fused-ring (bicyclic) bond motifs is 1. The minimum atomic E-state index is -0.698. The largest absolute Gasteiger partial charge is 0.370 e. The van der Waals surface area contributed by atoms with E-state index < -0.39 is 34.6 Å². The molecule has 0 fully saturated rings. The van der Waals surface area contributed by atoms with Crippen LogP contribution in [0.3, 0.4) is 0 Å². The summed E-state index contributed by atoms with van der Waals surface area (Å²) in [4.78, 5) is 73.5. The SMILES string of the molecule is Cn1cc(NC(=O)n2cc3c([N+](=O)[O-])cccc3n2)cc1C(=O)Nc1cc(C(=O)Nc2ccn(C)c2C(=O)NCCC(N)=O)n(C)c1. The smallest absolute Gasteiger partial charge is 0.346 e. The van der Waals surface area contributed by atoms with Crippen molar-refractivity contribution in [3.63, 3.8) is 0 Å². The van der Waals surface area contributed by atoms with Gasteiger partial charge >= 0.3 is 6.03 Å². The number of amides is 5. The van der Waals surface area contributed by atoms with E-state index in [0.29, 0.717) is 5.69 Å². The lowest BCUT2D eigenvalue weighted by atomic mass is 10.2. The Morgan fingerprint density at radius 3 is 2.13 bits per heavy atom. The van der Waals surface area contributed by atoms with E-state index in [1.807, 2.05) is 0 Å². The normalized spacial score (nSPS) is 10.9. The van der Waals surface area contributed by atoms with Crippen molar-refractivity contribution in [2.75, 3.05) is 22.5 Å². The van der Waals surface area contributed by atoms with Crippen LogP contribution in [0.4, 0.5) is 27.5 Å². The number of hydrogen-bond acceptors (Lipinski definition) is 8. The molecule has 18 nitrogen and oxygen atoms in total. The molecule has 6 N–H and O–H groups in total. The highest BCUT2D eigenvalue weighted by atomic mass is 16.6. The monoisotopic (exact) mass is 643 g/mol. The summed E-state index contributed by atoms with van der Waals surface area (Å²) in [6, 6.07) is 8.07. The third kappa shape index (κ3) is 6.70. The summed E-state index contributed by atoms with van der Waals surface area (Å²) >= 11 is 0. The van der Waals surface area contributed by atoms with Crippen LogP contribution in [0.25, 0.3) is 10.9 Å². The molecule has 0 saturated heterocycles. The van der Waals surface area contributed by atoms with E-state index >= 15 is 0 Å². The first-order chi connectivity index (χ1) is 22.3. The summed E-state index contributed by atoms with van der Waals surface area (Å²) in [7, 11) is 4.83. The molecule has 4 aromatic heterocycles. The van der Waals surface area contributed by atoms with Crippen LogP contribution in [0.2, 0.25) is 0 Å². The molecular weight excluding hydrogens is 614 g/mol. The summed E-state index contributed by atoms with van der Waals surface area (Å²) in [5.74, 6) is -2.16. The lowest BCUT2D eigenvalue weighted by Crippen LogP contribution is -2.30. The van der Waals surface area contributed by atoms with Gasteiger partial charge in [-0.25, -0.2) is 4.79 Å². The van der Waals surface area contributed by atoms with Crippen molar-refractivity contribution in [3.8, 4) is 0 Å². The molecule has 0 aliphatic heterocycles. The van der Waals surface area contributed by atoms with E-state index in [0.717, 1.165) is 4.68 Å². The first-order valence-corrected chi connectivity index (χ1v) is 13.9. The number of carbonyl (C=O) groups excluding carboxylic acids is 5. The minimum Gasteiger partial charge on any atom is -0.370 e. The number of nitrogens with zero attached hydrogens (tertiary/aromatic N) is 6. The highest BCUT2D eigenvalue weighted by molar-refractivity contribution is 6.09. The maximum absolute atomic E-state index is 13.1. The van der Waals surface area contributed by atoms with E-state index in [9.17, 15) is 34.1 Å². The topological polar surface area (TPSA) is 235 Å². The van der Waals surface area contributed by atoms with Gasteiger partial charge in [-0.15, -0.1) is 0 Å². The summed E-state index contributed by atoms with van der Waals surface area (Å²) in [5.41, 5.74) is 6.52. The van der Waals surface area contributed by atoms with Crippen LogP contribution in [0.15, 0.2) is 61.2 Å². The summed E-state index contributed by atoms with van der Waals surface area (Å²) < 4.78 is 5.44. The van der Waals surface area contributed by atoms with E-state index in [1.165, 1.54) is 56.6 Å². The van der Waals surface area contributed by atoms with Gasteiger partial charge in [0.2, 0.25) is 5.91 Å². The van der Waals surface area contributed by atoms with Crippen molar-refractivity contribution in [2.45, 2.75) is 6.42 Å². The predicted molar refractivity (Wildman–Crippen MR) is 169 cm³/mol. The number of rotatable bonds is 10. The Morgan fingerprint density at radius 1 is 0.851 bits per heavy atom. The van der Waals surface area contributed by atoms with E-state index in [-0.39, 0.29) is 58.0 Å². The molecule has 4 heterocycles. The van der Waals surface area contributed by atoms with Crippen LogP contribution in [0.5, 0.6) is 0 Å². The number of non-ortho nitro benzene ring substituents is 1. The lowest BCUT2D eigenvalue weighted by molar-refractivity contribution is -0.383. The Balaban J connectivity index is 1.25. The number of primary amides is 1. The second-order valence-corrected chi connectivity index (χ2v) is 10.5. The Kier molecular flexibility index (Phi) is 8.58. The van der Waals surface area contributed by atoms with E-state index in [4.69, 9.17) is 5.73 Å². The van der Waals surface area contributed by atoms with E-state index in [1.54, 1.807) is 39.5 Å². The molecular formula is C29H29N11O7. The number of hydrogen-bond donors (Lipinski definition) is 5. The maximum atomic E-state index is 13.1. The molecule has 0 bridgehead atoms. The average molecular weight is 644 g/mol. The molecule has 5 aromatic rings. The van der Waals surface area contributed by atoms with Gasteiger partial charge in [-0.1, -0.05) is 6.07 Å². The van der Waals surface area contributed by atoms with Crippen LogP contribution in [-0.4, -0.2) is 64.6 Å². The second kappa shape index (κ2) is 12.7. The summed E-state index contributed by atoms with van der Waals surface area (Å²) in [6.45, 7) is 0.0387. The Hall–Kier alpha value is -6.72. The predicted octanol–water partition coefficient (Wildman–Crippen LogP) is 2.15. The fourth-order valence-electron chi connectivity index (χ4n) is 4.87. The standard InChI is InChI=1S/C29H29N11O7/c1-36-10-8-20(25(36)28(44)31-9-7-24(30)41)34-27(43)23-11-16(13-37(23)2)32-26(42)22-12-17(14-38(22)3)33-29(45)39-15-18-19(35-39)5-4-6-21(18)40(46)47/h4-6,8,10-15H,7,9H2,1-3H3,(H2,30,41)(H,31,44)(H,32,42)(H,33,45)(H,34,43). The molecule has 0 unspecified atom stereocenters. The number of nitro benzene ring substituents is 1. The average Bonchev–Trinajstić information content (AvgIpc) is 3.77. The van der Waals surface area contributed by atoms with Crippen LogP contribution < -0.4 is 27.0 Å². The second-order valence-electron chi connectivity index (χ2n) is 10.5. The third-order valence-electron chi connectivity index (χ3n) is 7.11. The van der Waals surface area contributed by atoms with Crippen molar-refractivity contribution < 1.29 is 28.9 Å². The fourth-order valence-corrected chi connectivity index (χ4v) is 4.87. The third-order valence-corrected chi connectivity index (χ3v) is 7.11. The van der Waals surface area contributed by atoms with Gasteiger partial charge in [-0.3, -0.25) is 29.3 Å². The molecule has 0 aliphatic carbocycles. The van der Waals surface area contributed by atoms with Gasteiger partial charge in [0, 0.05) is 58.8 Å². The molecule has 0 spiro atoms. The summed E-state index contributed by atoms with van der Waals surface area (Å²) in [6.07, 6.45) is 5.84. The Morgan fingerprint density at radius 2 is 1.49 bits per heavy atom. The molecule has 0 atom stereocenters. The van der Waals surface area contributed by atoms with Gasteiger partial charge < -0.3 is 40.7 Å². The number of carbonyl (C=O) groups is 5. The number of benzene rings is 1. The van der Waals surface area contributed by atoms with Crippen molar-refractivity contribution >= 4 is 63.3 Å². The zero-order chi connectivity index (χ0) is 34.0. The number of aromatic nitrogens is 5. The highest BCUT2D eigenvalue weighted by Gasteiger charge is 2.22. The summed E-state index contributed by atoms with van der Waals surface area (Å²) in [5, 5.41) is 26.2. The van der Waals surface area contributed by atoms with Gasteiger partial charge in [-0.05, 0) is 24.3 Å². The number of aryl methyl sites for hydroxylation is 3.